The zero-order valence-electron chi connectivity index (χ0n) is 13.6. The van der Waals surface area contributed by atoms with Crippen molar-refractivity contribution in [1.29, 1.82) is 0 Å². The minimum atomic E-state index is -0.227. The van der Waals surface area contributed by atoms with E-state index in [1.54, 1.807) is 6.21 Å². The average Bonchev–Trinajstić information content (AvgIpc) is 2.54. The molecule has 6 heteroatoms. The van der Waals surface area contributed by atoms with Gasteiger partial charge >= 0.3 is 0 Å². The Morgan fingerprint density at radius 1 is 1.17 bits per heavy atom. The third kappa shape index (κ3) is 6.04. The van der Waals surface area contributed by atoms with Crippen molar-refractivity contribution in [3.05, 3.63) is 58.1 Å². The van der Waals surface area contributed by atoms with Crippen LogP contribution in [-0.2, 0) is 4.79 Å². The molecular weight excluding hydrogens is 372 g/mol. The number of aryl methyl sites for hydroxylation is 1. The number of rotatable bonds is 7. The largest absolute Gasteiger partial charge is 0.490 e. The van der Waals surface area contributed by atoms with Gasteiger partial charge in [-0.25, -0.2) is 5.43 Å². The molecular formula is C18H19BrN2O3. The molecule has 1 amide bonds. The summed E-state index contributed by atoms with van der Waals surface area (Å²) in [6.45, 7) is 4.26. The molecule has 0 atom stereocenters. The highest BCUT2D eigenvalue weighted by molar-refractivity contribution is 9.10. The van der Waals surface area contributed by atoms with E-state index in [1.807, 2.05) is 49.4 Å². The number of ether oxygens (including phenoxy) is 2. The number of nitrogens with zero attached hydrogens (tertiary/aromatic N) is 1. The molecule has 0 saturated carbocycles. The van der Waals surface area contributed by atoms with Crippen molar-refractivity contribution < 1.29 is 14.3 Å². The van der Waals surface area contributed by atoms with Crippen LogP contribution in [0.2, 0.25) is 0 Å². The summed E-state index contributed by atoms with van der Waals surface area (Å²) in [7, 11) is 0. The molecule has 0 aromatic heterocycles. The molecule has 2 rings (SSSR count). The van der Waals surface area contributed by atoms with Crippen molar-refractivity contribution in [2.75, 3.05) is 13.2 Å². The molecule has 0 radical (unpaired) electrons. The second-order valence-electron chi connectivity index (χ2n) is 5.12. The Labute approximate surface area is 149 Å². The van der Waals surface area contributed by atoms with E-state index in [9.17, 15) is 4.79 Å². The summed E-state index contributed by atoms with van der Waals surface area (Å²) in [5, 5.41) is 3.87. The number of halogens is 1. The van der Waals surface area contributed by atoms with Crippen LogP contribution in [0.4, 0.5) is 0 Å². The van der Waals surface area contributed by atoms with E-state index >= 15 is 0 Å². The second kappa shape index (κ2) is 9.08. The maximum Gasteiger partial charge on any atom is 0.236 e. The van der Waals surface area contributed by atoms with Crippen molar-refractivity contribution in [3.63, 3.8) is 0 Å². The van der Waals surface area contributed by atoms with Crippen molar-refractivity contribution in [1.82, 2.24) is 5.43 Å². The van der Waals surface area contributed by atoms with E-state index in [1.165, 1.54) is 12.5 Å². The van der Waals surface area contributed by atoms with Crippen LogP contribution < -0.4 is 14.9 Å². The molecule has 1 N–H and O–H groups in total. The first kappa shape index (κ1) is 18.0. The highest BCUT2D eigenvalue weighted by Crippen LogP contribution is 2.22. The summed E-state index contributed by atoms with van der Waals surface area (Å²) in [6.07, 6.45) is 1.54. The fourth-order valence-corrected chi connectivity index (χ4v) is 2.27. The smallest absolute Gasteiger partial charge is 0.236 e. The number of hydrogen-bond acceptors (Lipinski definition) is 4. The maximum atomic E-state index is 10.9. The summed E-state index contributed by atoms with van der Waals surface area (Å²) in [5.41, 5.74) is 4.32. The lowest BCUT2D eigenvalue weighted by atomic mass is 10.2. The summed E-state index contributed by atoms with van der Waals surface area (Å²) in [4.78, 5) is 10.9. The predicted octanol–water partition coefficient (Wildman–Crippen LogP) is 3.69. The van der Waals surface area contributed by atoms with Crippen molar-refractivity contribution >= 4 is 28.1 Å². The van der Waals surface area contributed by atoms with Gasteiger partial charge in [0.05, 0.1) is 6.21 Å². The standard InChI is InChI=1S/C18H19BrN2O3/c1-13-3-6-17(7-4-13)23-9-10-24-18-8-5-16(19)11-15(18)12-20-21-14(2)22/h3-8,11-12H,9-10H2,1-2H3,(H,21,22). The monoisotopic (exact) mass is 390 g/mol. The van der Waals surface area contributed by atoms with E-state index < -0.39 is 0 Å². The molecule has 0 heterocycles. The fraction of sp³-hybridized carbons (Fsp3) is 0.222. The Kier molecular flexibility index (Phi) is 6.81. The van der Waals surface area contributed by atoms with Crippen LogP contribution in [0.25, 0.3) is 0 Å². The molecule has 126 valence electrons. The summed E-state index contributed by atoms with van der Waals surface area (Å²) in [5.74, 6) is 1.25. The van der Waals surface area contributed by atoms with Gasteiger partial charge in [0.25, 0.3) is 0 Å². The van der Waals surface area contributed by atoms with Crippen LogP contribution in [0.5, 0.6) is 11.5 Å². The summed E-state index contributed by atoms with van der Waals surface area (Å²) in [6, 6.07) is 13.4. The first-order valence-corrected chi connectivity index (χ1v) is 8.25. The second-order valence-corrected chi connectivity index (χ2v) is 6.03. The topological polar surface area (TPSA) is 59.9 Å². The highest BCUT2D eigenvalue weighted by Gasteiger charge is 2.03. The van der Waals surface area contributed by atoms with Gasteiger partial charge in [-0.3, -0.25) is 4.79 Å². The van der Waals surface area contributed by atoms with Crippen LogP contribution in [0, 0.1) is 6.92 Å². The van der Waals surface area contributed by atoms with Gasteiger partial charge in [-0.15, -0.1) is 0 Å². The quantitative estimate of drug-likeness (QED) is 0.445. The molecule has 2 aromatic rings. The van der Waals surface area contributed by atoms with Gasteiger partial charge in [-0.2, -0.15) is 5.10 Å². The molecule has 0 bridgehead atoms. The van der Waals surface area contributed by atoms with E-state index in [4.69, 9.17) is 9.47 Å². The van der Waals surface area contributed by atoms with Crippen LogP contribution in [0.1, 0.15) is 18.1 Å². The summed E-state index contributed by atoms with van der Waals surface area (Å²) >= 11 is 3.41. The van der Waals surface area contributed by atoms with Gasteiger partial charge in [0.15, 0.2) is 0 Å². The number of amides is 1. The molecule has 2 aromatic carbocycles. The number of carbonyl (C=O) groups is 1. The van der Waals surface area contributed by atoms with Gasteiger partial charge in [-0.1, -0.05) is 33.6 Å². The number of hydrazone groups is 1. The van der Waals surface area contributed by atoms with Crippen LogP contribution in [0.15, 0.2) is 52.0 Å². The van der Waals surface area contributed by atoms with Gasteiger partial charge < -0.3 is 9.47 Å². The Bertz CT molecular complexity index is 715. The van der Waals surface area contributed by atoms with Crippen LogP contribution >= 0.6 is 15.9 Å². The van der Waals surface area contributed by atoms with Crippen LogP contribution in [-0.4, -0.2) is 25.3 Å². The molecule has 0 fully saturated rings. The third-order valence-corrected chi connectivity index (χ3v) is 3.52. The number of carbonyl (C=O) groups excluding carboxylic acids is 1. The van der Waals surface area contributed by atoms with Gasteiger partial charge in [0, 0.05) is 17.0 Å². The maximum absolute atomic E-state index is 10.9. The first-order valence-electron chi connectivity index (χ1n) is 7.46. The lowest BCUT2D eigenvalue weighted by Crippen LogP contribution is -2.13. The molecule has 0 aliphatic rings. The Morgan fingerprint density at radius 3 is 2.58 bits per heavy atom. The van der Waals surface area contributed by atoms with Gasteiger partial charge in [0.1, 0.15) is 24.7 Å². The minimum absolute atomic E-state index is 0.227. The highest BCUT2D eigenvalue weighted by atomic mass is 79.9. The molecule has 0 spiro atoms. The van der Waals surface area contributed by atoms with Crippen molar-refractivity contribution in [2.24, 2.45) is 5.10 Å². The Hall–Kier alpha value is -2.34. The average molecular weight is 391 g/mol. The Balaban J connectivity index is 1.90. The number of hydrogen-bond donors (Lipinski definition) is 1. The fourth-order valence-electron chi connectivity index (χ4n) is 1.89. The SMILES string of the molecule is CC(=O)NN=Cc1cc(Br)ccc1OCCOc1ccc(C)cc1. The zero-order chi connectivity index (χ0) is 17.4. The van der Waals surface area contributed by atoms with Gasteiger partial charge in [0.2, 0.25) is 5.91 Å². The first-order chi connectivity index (χ1) is 11.5. The number of nitrogens with one attached hydrogen (secondary N) is 1. The molecule has 0 aliphatic heterocycles. The van der Waals surface area contributed by atoms with Crippen LogP contribution in [0.3, 0.4) is 0 Å². The molecule has 5 nitrogen and oxygen atoms in total. The number of benzene rings is 2. The lowest BCUT2D eigenvalue weighted by molar-refractivity contribution is -0.118. The minimum Gasteiger partial charge on any atom is -0.490 e. The molecule has 24 heavy (non-hydrogen) atoms. The predicted molar refractivity (Wildman–Crippen MR) is 97.7 cm³/mol. The normalized spacial score (nSPS) is 10.6. The molecule has 0 unspecified atom stereocenters. The van der Waals surface area contributed by atoms with E-state index in [-0.39, 0.29) is 5.91 Å². The van der Waals surface area contributed by atoms with Gasteiger partial charge in [-0.05, 0) is 37.3 Å². The third-order valence-electron chi connectivity index (χ3n) is 3.03. The Morgan fingerprint density at radius 2 is 1.88 bits per heavy atom. The van der Waals surface area contributed by atoms with E-state index in [0.29, 0.717) is 19.0 Å². The zero-order valence-corrected chi connectivity index (χ0v) is 15.2. The van der Waals surface area contributed by atoms with Crippen molar-refractivity contribution in [2.45, 2.75) is 13.8 Å². The van der Waals surface area contributed by atoms with Crippen molar-refractivity contribution in [3.8, 4) is 11.5 Å². The molecule has 0 saturated heterocycles. The summed E-state index contributed by atoms with van der Waals surface area (Å²) < 4.78 is 12.3. The molecule has 0 aliphatic carbocycles. The van der Waals surface area contributed by atoms with E-state index in [2.05, 4.69) is 26.5 Å². The lowest BCUT2D eigenvalue weighted by Gasteiger charge is -2.11. The van der Waals surface area contributed by atoms with E-state index in [0.717, 1.165) is 15.8 Å².